The average molecular weight is 345 g/mol. The molecule has 7 nitrogen and oxygen atoms in total. The molecule has 134 valence electrons. The summed E-state index contributed by atoms with van der Waals surface area (Å²) in [7, 11) is 1.62. The maximum absolute atomic E-state index is 12.9. The van der Waals surface area contributed by atoms with Crippen LogP contribution in [-0.2, 0) is 24.2 Å². The molecule has 7 heteroatoms. The lowest BCUT2D eigenvalue weighted by molar-refractivity contribution is -0.137. The van der Waals surface area contributed by atoms with Gasteiger partial charge < -0.3 is 18.9 Å². The highest BCUT2D eigenvalue weighted by atomic mass is 16.5. The van der Waals surface area contributed by atoms with Gasteiger partial charge in [0.2, 0.25) is 11.8 Å². The first-order chi connectivity index (χ1) is 12.2. The van der Waals surface area contributed by atoms with Crippen molar-refractivity contribution >= 4 is 5.91 Å². The summed E-state index contributed by atoms with van der Waals surface area (Å²) in [6.07, 6.45) is 1.34. The number of fused-ring (bicyclic) bond motifs is 1. The maximum Gasteiger partial charge on any atom is 0.246 e. The number of hydrogen-bond acceptors (Lipinski definition) is 6. The van der Waals surface area contributed by atoms with Crippen molar-refractivity contribution in [2.45, 2.75) is 33.2 Å². The van der Waals surface area contributed by atoms with Crippen molar-refractivity contribution in [3.8, 4) is 11.5 Å². The first kappa shape index (κ1) is 17.3. The molecule has 2 aromatic rings. The molecule has 0 fully saturated rings. The quantitative estimate of drug-likeness (QED) is 0.799. The Morgan fingerprint density at radius 2 is 2.24 bits per heavy atom. The fourth-order valence-electron chi connectivity index (χ4n) is 2.98. The first-order valence-electron chi connectivity index (χ1n) is 8.55. The van der Waals surface area contributed by atoms with E-state index in [4.69, 9.17) is 14.0 Å². The number of rotatable bonds is 6. The van der Waals surface area contributed by atoms with Crippen LogP contribution in [0.15, 0.2) is 22.7 Å². The molecule has 1 aliphatic rings. The summed E-state index contributed by atoms with van der Waals surface area (Å²) in [4.78, 5) is 18.9. The van der Waals surface area contributed by atoms with Crippen LogP contribution >= 0.6 is 0 Å². The molecular weight excluding hydrogens is 322 g/mol. The number of aromatic nitrogens is 2. The van der Waals surface area contributed by atoms with Crippen molar-refractivity contribution in [2.75, 3.05) is 20.3 Å². The second-order valence-corrected chi connectivity index (χ2v) is 5.97. The van der Waals surface area contributed by atoms with Gasteiger partial charge in [-0.15, -0.1) is 0 Å². The summed E-state index contributed by atoms with van der Waals surface area (Å²) >= 11 is 0. The molecule has 0 saturated carbocycles. The Morgan fingerprint density at radius 3 is 2.92 bits per heavy atom. The second kappa shape index (κ2) is 7.55. The lowest BCUT2D eigenvalue weighted by Crippen LogP contribution is -2.40. The standard InChI is InChI=1S/C18H23N3O4/c1-4-15-19-16(25-20-15)10-21(5-2)18(22)13-9-12-7-6-8-14(23-3)17(12)24-11-13/h6-8,13H,4-5,9-11H2,1-3H3/t13-/m0/s1. The lowest BCUT2D eigenvalue weighted by atomic mass is 9.95. The van der Waals surface area contributed by atoms with E-state index in [2.05, 4.69) is 10.1 Å². The van der Waals surface area contributed by atoms with Gasteiger partial charge in [0.1, 0.15) is 6.61 Å². The number of carbonyl (C=O) groups excluding carboxylic acids is 1. The van der Waals surface area contributed by atoms with E-state index in [-0.39, 0.29) is 11.8 Å². The van der Waals surface area contributed by atoms with E-state index >= 15 is 0 Å². The Bertz CT molecular complexity index is 744. The monoisotopic (exact) mass is 345 g/mol. The number of carbonyl (C=O) groups is 1. The molecule has 0 aliphatic carbocycles. The summed E-state index contributed by atoms with van der Waals surface area (Å²) in [6, 6.07) is 5.75. The van der Waals surface area contributed by atoms with Crippen molar-refractivity contribution in [3.63, 3.8) is 0 Å². The zero-order valence-corrected chi connectivity index (χ0v) is 14.8. The summed E-state index contributed by atoms with van der Waals surface area (Å²) in [6.45, 7) is 5.14. The van der Waals surface area contributed by atoms with Crippen LogP contribution in [0, 0.1) is 5.92 Å². The third kappa shape index (κ3) is 3.60. The van der Waals surface area contributed by atoms with Gasteiger partial charge in [0.25, 0.3) is 0 Å². The van der Waals surface area contributed by atoms with Gasteiger partial charge in [-0.25, -0.2) is 0 Å². The summed E-state index contributed by atoms with van der Waals surface area (Å²) < 4.78 is 16.4. The summed E-state index contributed by atoms with van der Waals surface area (Å²) in [5, 5.41) is 3.88. The minimum absolute atomic E-state index is 0.0345. The molecule has 1 aromatic heterocycles. The molecule has 0 N–H and O–H groups in total. The Kier molecular flexibility index (Phi) is 5.21. The number of para-hydroxylation sites is 1. The molecule has 1 atom stereocenters. The van der Waals surface area contributed by atoms with Gasteiger partial charge in [-0.05, 0) is 25.0 Å². The molecule has 1 aliphatic heterocycles. The fraction of sp³-hybridized carbons (Fsp3) is 0.500. The summed E-state index contributed by atoms with van der Waals surface area (Å²) in [5.41, 5.74) is 0.992. The second-order valence-electron chi connectivity index (χ2n) is 5.97. The highest BCUT2D eigenvalue weighted by Crippen LogP contribution is 2.36. The van der Waals surface area contributed by atoms with E-state index in [1.54, 1.807) is 12.0 Å². The Balaban J connectivity index is 1.71. The number of benzene rings is 1. The first-order valence-corrected chi connectivity index (χ1v) is 8.55. The zero-order valence-electron chi connectivity index (χ0n) is 14.8. The number of ether oxygens (including phenoxy) is 2. The van der Waals surface area contributed by atoms with Gasteiger partial charge >= 0.3 is 0 Å². The highest BCUT2D eigenvalue weighted by molar-refractivity contribution is 5.79. The topological polar surface area (TPSA) is 77.7 Å². The van der Waals surface area contributed by atoms with Crippen LogP contribution < -0.4 is 9.47 Å². The smallest absolute Gasteiger partial charge is 0.246 e. The minimum Gasteiger partial charge on any atom is -0.493 e. The van der Waals surface area contributed by atoms with Crippen molar-refractivity contribution in [1.82, 2.24) is 15.0 Å². The zero-order chi connectivity index (χ0) is 17.8. The SMILES string of the molecule is CCc1noc(CN(CC)C(=O)[C@@H]2COc3c(cccc3OC)C2)n1. The predicted octanol–water partition coefficient (Wildman–Crippen LogP) is 2.24. The number of methoxy groups -OCH3 is 1. The van der Waals surface area contributed by atoms with E-state index in [1.165, 1.54) is 0 Å². The van der Waals surface area contributed by atoms with E-state index in [0.29, 0.717) is 50.0 Å². The van der Waals surface area contributed by atoms with Gasteiger partial charge in [-0.2, -0.15) is 4.98 Å². The van der Waals surface area contributed by atoms with Gasteiger partial charge in [0.15, 0.2) is 17.3 Å². The Labute approximate surface area is 146 Å². The largest absolute Gasteiger partial charge is 0.493 e. The lowest BCUT2D eigenvalue weighted by Gasteiger charge is -2.29. The van der Waals surface area contributed by atoms with E-state index in [0.717, 1.165) is 11.3 Å². The number of amides is 1. The molecule has 25 heavy (non-hydrogen) atoms. The molecule has 0 unspecified atom stereocenters. The van der Waals surface area contributed by atoms with Gasteiger partial charge in [-0.3, -0.25) is 4.79 Å². The van der Waals surface area contributed by atoms with Gasteiger partial charge in [0.05, 0.1) is 19.6 Å². The van der Waals surface area contributed by atoms with E-state index in [1.807, 2.05) is 32.0 Å². The van der Waals surface area contributed by atoms with Crippen LogP contribution in [0.25, 0.3) is 0 Å². The molecule has 2 heterocycles. The minimum atomic E-state index is -0.229. The Hall–Kier alpha value is -2.57. The molecular formula is C18H23N3O4. The Morgan fingerprint density at radius 1 is 1.40 bits per heavy atom. The van der Waals surface area contributed by atoms with Crippen LogP contribution in [0.2, 0.25) is 0 Å². The van der Waals surface area contributed by atoms with E-state index < -0.39 is 0 Å². The molecule has 0 saturated heterocycles. The molecule has 0 bridgehead atoms. The van der Waals surface area contributed by atoms with Crippen molar-refractivity contribution in [3.05, 3.63) is 35.5 Å². The fourth-order valence-corrected chi connectivity index (χ4v) is 2.98. The molecule has 1 aromatic carbocycles. The van der Waals surface area contributed by atoms with Crippen LogP contribution in [0.3, 0.4) is 0 Å². The molecule has 1 amide bonds. The highest BCUT2D eigenvalue weighted by Gasteiger charge is 2.31. The number of nitrogens with zero attached hydrogens (tertiary/aromatic N) is 3. The van der Waals surface area contributed by atoms with Crippen LogP contribution in [0.4, 0.5) is 0 Å². The normalized spacial score (nSPS) is 16.0. The van der Waals surface area contributed by atoms with Crippen molar-refractivity contribution in [2.24, 2.45) is 5.92 Å². The van der Waals surface area contributed by atoms with Crippen LogP contribution in [-0.4, -0.2) is 41.2 Å². The van der Waals surface area contributed by atoms with E-state index in [9.17, 15) is 4.79 Å². The van der Waals surface area contributed by atoms with Gasteiger partial charge in [0, 0.05) is 13.0 Å². The van der Waals surface area contributed by atoms with Crippen LogP contribution in [0.1, 0.15) is 31.1 Å². The van der Waals surface area contributed by atoms with Crippen LogP contribution in [0.5, 0.6) is 11.5 Å². The third-order valence-corrected chi connectivity index (χ3v) is 4.37. The number of aryl methyl sites for hydroxylation is 1. The maximum atomic E-state index is 12.9. The van der Waals surface area contributed by atoms with Crippen molar-refractivity contribution < 1.29 is 18.8 Å². The van der Waals surface area contributed by atoms with Crippen molar-refractivity contribution in [1.29, 1.82) is 0 Å². The van der Waals surface area contributed by atoms with Gasteiger partial charge in [-0.1, -0.05) is 24.2 Å². The molecule has 0 spiro atoms. The number of hydrogen-bond donors (Lipinski definition) is 0. The summed E-state index contributed by atoms with van der Waals surface area (Å²) in [5.74, 6) is 2.36. The molecule has 0 radical (unpaired) electrons. The third-order valence-electron chi connectivity index (χ3n) is 4.37. The molecule has 3 rings (SSSR count). The average Bonchev–Trinajstić information content (AvgIpc) is 3.12. The predicted molar refractivity (Wildman–Crippen MR) is 90.5 cm³/mol.